The Bertz CT molecular complexity index is 746. The van der Waals surface area contributed by atoms with Gasteiger partial charge in [0, 0.05) is 31.6 Å². The molecule has 0 saturated carbocycles. The van der Waals surface area contributed by atoms with E-state index in [-0.39, 0.29) is 22.8 Å². The summed E-state index contributed by atoms with van der Waals surface area (Å²) >= 11 is 1.71. The van der Waals surface area contributed by atoms with Gasteiger partial charge in [0.15, 0.2) is 0 Å². The molecule has 0 bridgehead atoms. The van der Waals surface area contributed by atoms with E-state index in [2.05, 4.69) is 33.7 Å². The molecule has 1 saturated heterocycles. The van der Waals surface area contributed by atoms with Gasteiger partial charge in [-0.25, -0.2) is 4.68 Å². The molecule has 1 N–H and O–H groups in total. The van der Waals surface area contributed by atoms with Crippen LogP contribution < -0.4 is 5.32 Å². The highest BCUT2D eigenvalue weighted by Crippen LogP contribution is 2.31. The van der Waals surface area contributed by atoms with Crippen molar-refractivity contribution in [1.29, 1.82) is 0 Å². The van der Waals surface area contributed by atoms with E-state index in [1.807, 2.05) is 13.0 Å². The van der Waals surface area contributed by atoms with Crippen LogP contribution in [0.15, 0.2) is 17.5 Å². The first kappa shape index (κ1) is 18.8. The van der Waals surface area contributed by atoms with Gasteiger partial charge in [0.05, 0.1) is 23.7 Å². The van der Waals surface area contributed by atoms with Gasteiger partial charge in [-0.3, -0.25) is 15.0 Å². The number of nitrogens with one attached hydrogen (secondary N) is 1. The maximum absolute atomic E-state index is 11.5. The molecule has 1 aliphatic heterocycles. The molecule has 3 heterocycles. The van der Waals surface area contributed by atoms with Crippen LogP contribution in [-0.4, -0.2) is 51.9 Å². The molecule has 2 aromatic rings. The molecular weight excluding hydrogens is 354 g/mol. The van der Waals surface area contributed by atoms with Crippen LogP contribution in [0.5, 0.6) is 0 Å². The Labute approximate surface area is 156 Å². The minimum absolute atomic E-state index is 0.0790. The minimum atomic E-state index is -0.342. The summed E-state index contributed by atoms with van der Waals surface area (Å²) in [5.74, 6) is 0.467. The second-order valence-corrected chi connectivity index (χ2v) is 7.45. The number of nitrogens with zero attached hydrogens (tertiary/aromatic N) is 4. The molecule has 0 radical (unpaired) electrons. The van der Waals surface area contributed by atoms with E-state index in [0.29, 0.717) is 31.1 Å². The summed E-state index contributed by atoms with van der Waals surface area (Å²) in [5.41, 5.74) is 0.586. The Hall–Kier alpha value is -1.97. The predicted octanol–water partition coefficient (Wildman–Crippen LogP) is 2.83. The Morgan fingerprint density at radius 2 is 2.38 bits per heavy atom. The second kappa shape index (κ2) is 8.15. The molecule has 2 aromatic heterocycles. The van der Waals surface area contributed by atoms with Gasteiger partial charge in [0.25, 0.3) is 0 Å². The van der Waals surface area contributed by atoms with Crippen LogP contribution in [0.1, 0.15) is 30.5 Å². The Morgan fingerprint density at radius 1 is 1.58 bits per heavy atom. The number of aromatic nitrogens is 2. The van der Waals surface area contributed by atoms with E-state index in [4.69, 9.17) is 4.74 Å². The lowest BCUT2D eigenvalue weighted by molar-refractivity contribution is -0.384. The average molecular weight is 379 g/mol. The van der Waals surface area contributed by atoms with Gasteiger partial charge in [-0.05, 0) is 24.8 Å². The number of rotatable bonds is 7. The van der Waals surface area contributed by atoms with Gasteiger partial charge < -0.3 is 10.1 Å². The Balaban J connectivity index is 1.83. The number of hydrogen-bond acceptors (Lipinski definition) is 7. The van der Waals surface area contributed by atoms with Gasteiger partial charge in [-0.2, -0.15) is 5.10 Å². The third kappa shape index (κ3) is 3.89. The molecule has 0 spiro atoms. The van der Waals surface area contributed by atoms with Crippen LogP contribution in [0.25, 0.3) is 0 Å². The van der Waals surface area contributed by atoms with Crippen molar-refractivity contribution in [1.82, 2.24) is 14.7 Å². The molecule has 0 aromatic carbocycles. The number of ether oxygens (including phenoxy) is 1. The fourth-order valence-corrected chi connectivity index (χ4v) is 4.27. The molecule has 8 nitrogen and oxygen atoms in total. The topological polar surface area (TPSA) is 85.5 Å². The van der Waals surface area contributed by atoms with E-state index >= 15 is 0 Å². The number of thiophene rings is 1. The lowest BCUT2D eigenvalue weighted by atomic mass is 10.1. The fraction of sp³-hybridized carbons (Fsp3) is 0.588. The van der Waals surface area contributed by atoms with Crippen LogP contribution in [0, 0.1) is 10.1 Å². The van der Waals surface area contributed by atoms with E-state index in [0.717, 1.165) is 13.1 Å². The van der Waals surface area contributed by atoms with Crippen LogP contribution in [-0.2, 0) is 18.2 Å². The zero-order chi connectivity index (χ0) is 18.7. The zero-order valence-electron chi connectivity index (χ0n) is 15.3. The summed E-state index contributed by atoms with van der Waals surface area (Å²) in [7, 11) is 1.74. The summed E-state index contributed by atoms with van der Waals surface area (Å²) in [6.45, 7) is 6.93. The first-order valence-electron chi connectivity index (χ1n) is 8.84. The van der Waals surface area contributed by atoms with Gasteiger partial charge in [0.2, 0.25) is 5.82 Å². The van der Waals surface area contributed by atoms with Crippen LogP contribution >= 0.6 is 11.3 Å². The van der Waals surface area contributed by atoms with Crippen molar-refractivity contribution >= 4 is 22.8 Å². The summed E-state index contributed by atoms with van der Waals surface area (Å²) in [6.07, 6.45) is 0.713. The van der Waals surface area contributed by atoms with Crippen LogP contribution in [0.3, 0.4) is 0 Å². The Kier molecular flexibility index (Phi) is 5.90. The van der Waals surface area contributed by atoms with Crippen molar-refractivity contribution in [3.8, 4) is 0 Å². The first-order chi connectivity index (χ1) is 12.5. The van der Waals surface area contributed by atoms with Crippen molar-refractivity contribution < 1.29 is 9.66 Å². The normalized spacial score (nSPS) is 19.4. The van der Waals surface area contributed by atoms with Gasteiger partial charge in [0.1, 0.15) is 5.69 Å². The third-order valence-electron chi connectivity index (χ3n) is 4.66. The van der Waals surface area contributed by atoms with Gasteiger partial charge in [-0.15, -0.1) is 11.3 Å². The van der Waals surface area contributed by atoms with Crippen molar-refractivity contribution in [2.24, 2.45) is 7.05 Å². The summed E-state index contributed by atoms with van der Waals surface area (Å²) < 4.78 is 7.24. The molecule has 9 heteroatoms. The van der Waals surface area contributed by atoms with Crippen LogP contribution in [0.4, 0.5) is 11.5 Å². The number of nitro groups is 1. The van der Waals surface area contributed by atoms with Crippen LogP contribution in [0.2, 0.25) is 0 Å². The van der Waals surface area contributed by atoms with Crippen molar-refractivity contribution in [2.45, 2.75) is 32.4 Å². The van der Waals surface area contributed by atoms with Crippen molar-refractivity contribution in [3.63, 3.8) is 0 Å². The predicted molar refractivity (Wildman–Crippen MR) is 102 cm³/mol. The van der Waals surface area contributed by atoms with E-state index < -0.39 is 0 Å². The molecule has 142 valence electrons. The highest BCUT2D eigenvalue weighted by molar-refractivity contribution is 7.10. The lowest BCUT2D eigenvalue weighted by Gasteiger charge is -2.37. The standard InChI is InChI=1S/C17H25N5O3S/c1-4-13-16(22(23)24)17(20(3)19-13)18-10-14(15-6-5-9-26-15)21-7-8-25-12(2)11-21/h5-6,9,12,14,18H,4,7-8,10-11H2,1-3H3. The molecule has 1 fully saturated rings. The van der Waals surface area contributed by atoms with E-state index in [1.54, 1.807) is 23.1 Å². The quantitative estimate of drug-likeness (QED) is 0.588. The Morgan fingerprint density at radius 3 is 3.00 bits per heavy atom. The molecule has 3 rings (SSSR count). The van der Waals surface area contributed by atoms with E-state index in [1.165, 1.54) is 4.88 Å². The van der Waals surface area contributed by atoms with Crippen molar-refractivity contribution in [2.75, 3.05) is 31.6 Å². The molecule has 1 aliphatic rings. The maximum atomic E-state index is 11.5. The number of hydrogen-bond donors (Lipinski definition) is 1. The van der Waals surface area contributed by atoms with Gasteiger partial charge >= 0.3 is 5.69 Å². The highest BCUT2D eigenvalue weighted by atomic mass is 32.1. The second-order valence-electron chi connectivity index (χ2n) is 6.47. The molecule has 0 aliphatic carbocycles. The first-order valence-corrected chi connectivity index (χ1v) is 9.72. The largest absolute Gasteiger partial charge is 0.376 e. The number of anilines is 1. The molecule has 26 heavy (non-hydrogen) atoms. The molecular formula is C17H25N5O3S. The summed E-state index contributed by atoms with van der Waals surface area (Å²) in [6, 6.07) is 4.30. The molecule has 0 amide bonds. The minimum Gasteiger partial charge on any atom is -0.376 e. The fourth-order valence-electron chi connectivity index (χ4n) is 3.41. The highest BCUT2D eigenvalue weighted by Gasteiger charge is 2.29. The van der Waals surface area contributed by atoms with Crippen molar-refractivity contribution in [3.05, 3.63) is 38.2 Å². The zero-order valence-corrected chi connectivity index (χ0v) is 16.2. The molecule has 2 unspecified atom stereocenters. The maximum Gasteiger partial charge on any atom is 0.333 e. The third-order valence-corrected chi connectivity index (χ3v) is 5.63. The summed E-state index contributed by atoms with van der Waals surface area (Å²) in [5, 5.41) is 21.2. The lowest BCUT2D eigenvalue weighted by Crippen LogP contribution is -2.44. The monoisotopic (exact) mass is 379 g/mol. The SMILES string of the molecule is CCc1nn(C)c(NCC(c2cccs2)N2CCOC(C)C2)c1[N+](=O)[O-]. The van der Waals surface area contributed by atoms with Gasteiger partial charge in [-0.1, -0.05) is 13.0 Å². The van der Waals surface area contributed by atoms with E-state index in [9.17, 15) is 10.1 Å². The summed E-state index contributed by atoms with van der Waals surface area (Å²) in [4.78, 5) is 14.8. The molecule has 2 atom stereocenters. The smallest absolute Gasteiger partial charge is 0.333 e. The average Bonchev–Trinajstić information content (AvgIpc) is 3.23. The number of morpholine rings is 1. The number of aryl methyl sites for hydroxylation is 2.